The highest BCUT2D eigenvalue weighted by molar-refractivity contribution is 7.09. The quantitative estimate of drug-likeness (QED) is 0.800. The molecular formula is C15H23N3O2S. The SMILES string of the molecule is Cc1csc([C@H](NC(=O)N[C@@H]2CCCC[C@@H]2O)C2CC2)n1. The monoisotopic (exact) mass is 309 g/mol. The second-order valence-electron chi connectivity index (χ2n) is 6.22. The van der Waals surface area contributed by atoms with Crippen LogP contribution in [0.4, 0.5) is 4.79 Å². The van der Waals surface area contributed by atoms with E-state index in [4.69, 9.17) is 0 Å². The van der Waals surface area contributed by atoms with Crippen molar-refractivity contribution in [1.82, 2.24) is 15.6 Å². The summed E-state index contributed by atoms with van der Waals surface area (Å²) in [5.41, 5.74) is 1.01. The fourth-order valence-corrected chi connectivity index (χ4v) is 3.90. The fourth-order valence-electron chi connectivity index (χ4n) is 2.96. The number of aryl methyl sites for hydroxylation is 1. The average molecular weight is 309 g/mol. The van der Waals surface area contributed by atoms with Gasteiger partial charge in [0.05, 0.1) is 18.2 Å². The van der Waals surface area contributed by atoms with Crippen molar-refractivity contribution in [3.05, 3.63) is 16.1 Å². The molecule has 3 N–H and O–H groups in total. The van der Waals surface area contributed by atoms with E-state index in [0.717, 1.165) is 49.2 Å². The zero-order valence-electron chi connectivity index (χ0n) is 12.3. The van der Waals surface area contributed by atoms with Crippen LogP contribution in [0.2, 0.25) is 0 Å². The molecule has 5 nitrogen and oxygen atoms in total. The summed E-state index contributed by atoms with van der Waals surface area (Å²) < 4.78 is 0. The van der Waals surface area contributed by atoms with Crippen molar-refractivity contribution >= 4 is 17.4 Å². The zero-order valence-corrected chi connectivity index (χ0v) is 13.2. The highest BCUT2D eigenvalue weighted by Gasteiger charge is 2.36. The van der Waals surface area contributed by atoms with Gasteiger partial charge in [-0.05, 0) is 38.5 Å². The molecule has 21 heavy (non-hydrogen) atoms. The number of thiazole rings is 1. The number of nitrogens with one attached hydrogen (secondary N) is 2. The predicted octanol–water partition coefficient (Wildman–Crippen LogP) is 2.51. The van der Waals surface area contributed by atoms with Crippen LogP contribution in [0.15, 0.2) is 5.38 Å². The van der Waals surface area contributed by atoms with Gasteiger partial charge in [-0.25, -0.2) is 9.78 Å². The minimum absolute atomic E-state index is 0.0180. The molecule has 3 atom stereocenters. The summed E-state index contributed by atoms with van der Waals surface area (Å²) in [6.45, 7) is 1.97. The van der Waals surface area contributed by atoms with E-state index in [1.807, 2.05) is 12.3 Å². The van der Waals surface area contributed by atoms with Gasteiger partial charge in [0.25, 0.3) is 0 Å². The molecule has 2 aliphatic carbocycles. The van der Waals surface area contributed by atoms with Crippen LogP contribution < -0.4 is 10.6 Å². The number of hydrogen-bond acceptors (Lipinski definition) is 4. The number of hydrogen-bond donors (Lipinski definition) is 3. The van der Waals surface area contributed by atoms with E-state index in [2.05, 4.69) is 15.6 Å². The lowest BCUT2D eigenvalue weighted by molar-refractivity contribution is 0.0939. The smallest absolute Gasteiger partial charge is 0.315 e. The van der Waals surface area contributed by atoms with Crippen LogP contribution >= 0.6 is 11.3 Å². The molecule has 2 aliphatic rings. The van der Waals surface area contributed by atoms with Crippen LogP contribution in [0.5, 0.6) is 0 Å². The van der Waals surface area contributed by atoms with Gasteiger partial charge < -0.3 is 15.7 Å². The Morgan fingerprint density at radius 2 is 2.14 bits per heavy atom. The molecule has 6 heteroatoms. The second kappa shape index (κ2) is 6.32. The molecule has 3 rings (SSSR count). The maximum Gasteiger partial charge on any atom is 0.315 e. The van der Waals surface area contributed by atoms with Gasteiger partial charge in [0.1, 0.15) is 5.01 Å². The normalized spacial score (nSPS) is 27.1. The van der Waals surface area contributed by atoms with Gasteiger partial charge in [0, 0.05) is 11.1 Å². The second-order valence-corrected chi connectivity index (χ2v) is 7.11. The first kappa shape index (κ1) is 14.8. The van der Waals surface area contributed by atoms with Crippen molar-refractivity contribution in [2.24, 2.45) is 5.92 Å². The maximum atomic E-state index is 12.2. The lowest BCUT2D eigenvalue weighted by atomic mass is 9.93. The van der Waals surface area contributed by atoms with Crippen LogP contribution in [0.1, 0.15) is 55.3 Å². The highest BCUT2D eigenvalue weighted by atomic mass is 32.1. The van der Waals surface area contributed by atoms with Gasteiger partial charge in [0.15, 0.2) is 0 Å². The van der Waals surface area contributed by atoms with E-state index in [1.165, 1.54) is 0 Å². The predicted molar refractivity (Wildman–Crippen MR) is 82.2 cm³/mol. The molecule has 0 saturated heterocycles. The Morgan fingerprint density at radius 1 is 1.38 bits per heavy atom. The Morgan fingerprint density at radius 3 is 2.76 bits per heavy atom. The van der Waals surface area contributed by atoms with Crippen LogP contribution in [0, 0.1) is 12.8 Å². The number of rotatable bonds is 4. The minimum Gasteiger partial charge on any atom is -0.391 e. The summed E-state index contributed by atoms with van der Waals surface area (Å²) in [4.78, 5) is 16.7. The van der Waals surface area contributed by atoms with E-state index < -0.39 is 6.10 Å². The van der Waals surface area contributed by atoms with E-state index in [9.17, 15) is 9.90 Å². The third kappa shape index (κ3) is 3.74. The van der Waals surface area contributed by atoms with Crippen LogP contribution in [0.25, 0.3) is 0 Å². The number of aromatic nitrogens is 1. The summed E-state index contributed by atoms with van der Waals surface area (Å²) in [7, 11) is 0. The molecule has 0 bridgehead atoms. The Hall–Kier alpha value is -1.14. The number of nitrogens with zero attached hydrogens (tertiary/aromatic N) is 1. The minimum atomic E-state index is -0.411. The van der Waals surface area contributed by atoms with Gasteiger partial charge >= 0.3 is 6.03 Å². The number of aliphatic hydroxyl groups is 1. The summed E-state index contributed by atoms with van der Waals surface area (Å²) in [6, 6.07) is -0.272. The van der Waals surface area contributed by atoms with Crippen molar-refractivity contribution in [1.29, 1.82) is 0 Å². The maximum absolute atomic E-state index is 12.2. The average Bonchev–Trinajstić information content (AvgIpc) is 3.21. The third-order valence-electron chi connectivity index (χ3n) is 4.33. The molecule has 2 fully saturated rings. The van der Waals surface area contributed by atoms with Crippen LogP contribution in [0.3, 0.4) is 0 Å². The lowest BCUT2D eigenvalue weighted by Gasteiger charge is -2.29. The first-order valence-corrected chi connectivity index (χ1v) is 8.68. The largest absolute Gasteiger partial charge is 0.391 e. The number of aliphatic hydroxyl groups excluding tert-OH is 1. The first-order chi connectivity index (χ1) is 10.1. The van der Waals surface area contributed by atoms with Crippen molar-refractivity contribution in [3.63, 3.8) is 0 Å². The van der Waals surface area contributed by atoms with E-state index >= 15 is 0 Å². The van der Waals surface area contributed by atoms with Crippen molar-refractivity contribution in [3.8, 4) is 0 Å². The summed E-state index contributed by atoms with van der Waals surface area (Å²) in [5, 5.41) is 19.0. The topological polar surface area (TPSA) is 74.2 Å². The Kier molecular flexibility index (Phi) is 4.45. The fraction of sp³-hybridized carbons (Fsp3) is 0.733. The Balaban J connectivity index is 1.59. The molecule has 2 saturated carbocycles. The number of carbonyl (C=O) groups excluding carboxylic acids is 1. The molecular weight excluding hydrogens is 286 g/mol. The molecule has 1 aromatic heterocycles. The van der Waals surface area contributed by atoms with Gasteiger partial charge in [-0.2, -0.15) is 0 Å². The highest BCUT2D eigenvalue weighted by Crippen LogP contribution is 2.41. The standard InChI is InChI=1S/C15H23N3O2S/c1-9-8-21-14(16-9)13(10-6-7-10)18-15(20)17-11-4-2-3-5-12(11)19/h8,10-13,19H,2-7H2,1H3,(H2,17,18,20)/t11-,12+,13-/m1/s1. The molecule has 1 aromatic rings. The number of carbonyl (C=O) groups is 1. The van der Waals surface area contributed by atoms with E-state index in [-0.39, 0.29) is 18.1 Å². The van der Waals surface area contributed by atoms with Gasteiger partial charge in [-0.3, -0.25) is 0 Å². The zero-order chi connectivity index (χ0) is 14.8. The van der Waals surface area contributed by atoms with Crippen LogP contribution in [-0.4, -0.2) is 28.3 Å². The molecule has 0 radical (unpaired) electrons. The lowest BCUT2D eigenvalue weighted by Crippen LogP contribution is -2.49. The third-order valence-corrected chi connectivity index (χ3v) is 5.37. The van der Waals surface area contributed by atoms with Crippen molar-refractivity contribution in [2.45, 2.75) is 63.6 Å². The van der Waals surface area contributed by atoms with Gasteiger partial charge in [-0.15, -0.1) is 11.3 Å². The number of urea groups is 1. The summed E-state index contributed by atoms with van der Waals surface area (Å²) in [6.07, 6.45) is 5.64. The molecule has 2 amide bonds. The van der Waals surface area contributed by atoms with E-state index in [0.29, 0.717) is 5.92 Å². The molecule has 0 aromatic carbocycles. The molecule has 0 unspecified atom stereocenters. The van der Waals surface area contributed by atoms with Crippen molar-refractivity contribution in [2.75, 3.05) is 0 Å². The summed E-state index contributed by atoms with van der Waals surface area (Å²) in [5.74, 6) is 0.512. The van der Waals surface area contributed by atoms with Gasteiger partial charge in [0.2, 0.25) is 0 Å². The van der Waals surface area contributed by atoms with Crippen LogP contribution in [-0.2, 0) is 0 Å². The molecule has 1 heterocycles. The Labute approximate surface area is 129 Å². The molecule has 0 aliphatic heterocycles. The summed E-state index contributed by atoms with van der Waals surface area (Å²) >= 11 is 1.61. The van der Waals surface area contributed by atoms with E-state index in [1.54, 1.807) is 11.3 Å². The number of amides is 2. The Bertz CT molecular complexity index is 501. The van der Waals surface area contributed by atoms with Gasteiger partial charge in [-0.1, -0.05) is 12.8 Å². The molecule has 0 spiro atoms. The first-order valence-electron chi connectivity index (χ1n) is 7.80. The van der Waals surface area contributed by atoms with Crippen molar-refractivity contribution < 1.29 is 9.90 Å². The molecule has 116 valence electrons.